The highest BCUT2D eigenvalue weighted by Crippen LogP contribution is 2.33. The van der Waals surface area contributed by atoms with Crippen molar-refractivity contribution in [2.45, 2.75) is 131 Å². The van der Waals surface area contributed by atoms with Gasteiger partial charge in [0.15, 0.2) is 5.78 Å². The average molecular weight is 537 g/mol. The Hall–Kier alpha value is -2.75. The van der Waals surface area contributed by atoms with Crippen molar-refractivity contribution in [3.8, 4) is 17.2 Å². The molecular weight excluding hydrogens is 484 g/mol. The lowest BCUT2D eigenvalue weighted by Gasteiger charge is -2.23. The lowest BCUT2D eigenvalue weighted by atomic mass is 10.0. The maximum absolute atomic E-state index is 13.9. The SMILES string of the molecule is CCCC(CC)Oc1ccc(CC)cc1C=CC(=O)c1c(OC(CC)CCC)cccc1OC(CC)CCC. The Kier molecular flexibility index (Phi) is 14.8. The van der Waals surface area contributed by atoms with E-state index in [0.717, 1.165) is 75.5 Å². The summed E-state index contributed by atoms with van der Waals surface area (Å²) >= 11 is 0. The molecule has 0 aromatic heterocycles. The average Bonchev–Trinajstić information content (AvgIpc) is 2.95. The van der Waals surface area contributed by atoms with Crippen molar-refractivity contribution in [1.29, 1.82) is 0 Å². The standard InChI is InChI=1S/C35H52O4/c1-8-16-28(12-5)37-32-24-21-26(11-4)25-27(32)22-23-31(36)35-33(38-29(13-6)17-9-2)19-15-20-34(35)39-30(14-7)18-10-3/h15,19-25,28-30H,8-14,16-18H2,1-7H3. The number of ketones is 1. The van der Waals surface area contributed by atoms with Crippen LogP contribution in [0.15, 0.2) is 42.5 Å². The number of carbonyl (C=O) groups is 1. The molecule has 0 radical (unpaired) electrons. The molecule has 0 spiro atoms. The normalized spacial score (nSPS) is 13.7. The van der Waals surface area contributed by atoms with Gasteiger partial charge in [-0.05, 0) is 86.9 Å². The third-order valence-electron chi connectivity index (χ3n) is 7.21. The lowest BCUT2D eigenvalue weighted by molar-refractivity contribution is 0.102. The van der Waals surface area contributed by atoms with Crippen molar-refractivity contribution in [3.05, 3.63) is 59.2 Å². The fourth-order valence-corrected chi connectivity index (χ4v) is 4.80. The molecule has 2 aromatic carbocycles. The van der Waals surface area contributed by atoms with Gasteiger partial charge in [0.2, 0.25) is 0 Å². The first kappa shape index (κ1) is 32.5. The number of ether oxygens (including phenoxy) is 3. The molecule has 0 N–H and O–H groups in total. The van der Waals surface area contributed by atoms with Crippen LogP contribution in [0.2, 0.25) is 0 Å². The van der Waals surface area contributed by atoms with E-state index >= 15 is 0 Å². The Labute approximate surface area is 238 Å². The molecule has 0 amide bonds. The third-order valence-corrected chi connectivity index (χ3v) is 7.21. The molecule has 0 bridgehead atoms. The zero-order valence-corrected chi connectivity index (χ0v) is 25.6. The van der Waals surface area contributed by atoms with E-state index in [-0.39, 0.29) is 24.1 Å². The van der Waals surface area contributed by atoms with E-state index in [1.54, 1.807) is 6.08 Å². The second-order valence-electron chi connectivity index (χ2n) is 10.4. The van der Waals surface area contributed by atoms with Crippen molar-refractivity contribution >= 4 is 11.9 Å². The summed E-state index contributed by atoms with van der Waals surface area (Å²) in [4.78, 5) is 13.9. The Balaban J connectivity index is 2.50. The summed E-state index contributed by atoms with van der Waals surface area (Å²) in [7, 11) is 0. The Morgan fingerprint density at radius 1 is 0.692 bits per heavy atom. The van der Waals surface area contributed by atoms with Crippen LogP contribution in [0.3, 0.4) is 0 Å². The van der Waals surface area contributed by atoms with Gasteiger partial charge in [0.1, 0.15) is 22.8 Å². The number of carbonyl (C=O) groups excluding carboxylic acids is 1. The van der Waals surface area contributed by atoms with Gasteiger partial charge in [-0.3, -0.25) is 4.79 Å². The minimum absolute atomic E-state index is 0.0594. The molecule has 3 atom stereocenters. The summed E-state index contributed by atoms with van der Waals surface area (Å²) in [6.07, 6.45) is 13.5. The smallest absolute Gasteiger partial charge is 0.193 e. The van der Waals surface area contributed by atoms with Gasteiger partial charge in [0, 0.05) is 5.56 Å². The van der Waals surface area contributed by atoms with Gasteiger partial charge in [-0.15, -0.1) is 0 Å². The van der Waals surface area contributed by atoms with E-state index in [9.17, 15) is 4.79 Å². The number of hydrogen-bond donors (Lipinski definition) is 0. The second kappa shape index (κ2) is 17.8. The molecular formula is C35H52O4. The van der Waals surface area contributed by atoms with E-state index in [0.29, 0.717) is 17.1 Å². The first-order valence-electron chi connectivity index (χ1n) is 15.4. The van der Waals surface area contributed by atoms with Gasteiger partial charge in [-0.25, -0.2) is 0 Å². The maximum Gasteiger partial charge on any atom is 0.193 e. The Morgan fingerprint density at radius 2 is 1.18 bits per heavy atom. The Bertz CT molecular complexity index is 991. The molecule has 0 aliphatic carbocycles. The molecule has 4 heteroatoms. The van der Waals surface area contributed by atoms with Crippen molar-refractivity contribution in [1.82, 2.24) is 0 Å². The minimum Gasteiger partial charge on any atom is -0.490 e. The molecule has 0 saturated heterocycles. The van der Waals surface area contributed by atoms with Gasteiger partial charge in [-0.2, -0.15) is 0 Å². The number of benzene rings is 2. The van der Waals surface area contributed by atoms with Crippen LogP contribution in [0.5, 0.6) is 17.2 Å². The van der Waals surface area contributed by atoms with E-state index in [2.05, 4.69) is 60.6 Å². The van der Waals surface area contributed by atoms with Crippen LogP contribution in [0, 0.1) is 0 Å². The van der Waals surface area contributed by atoms with Crippen molar-refractivity contribution in [3.63, 3.8) is 0 Å². The molecule has 0 fully saturated rings. The van der Waals surface area contributed by atoms with Gasteiger partial charge in [-0.1, -0.05) is 79.9 Å². The van der Waals surface area contributed by atoms with Crippen LogP contribution in [-0.2, 0) is 6.42 Å². The molecule has 216 valence electrons. The van der Waals surface area contributed by atoms with Gasteiger partial charge < -0.3 is 14.2 Å². The summed E-state index contributed by atoms with van der Waals surface area (Å²) in [5.41, 5.74) is 2.64. The summed E-state index contributed by atoms with van der Waals surface area (Å²) < 4.78 is 19.2. The molecule has 39 heavy (non-hydrogen) atoms. The van der Waals surface area contributed by atoms with Crippen molar-refractivity contribution in [2.75, 3.05) is 0 Å². The topological polar surface area (TPSA) is 44.8 Å². The number of rotatable bonds is 19. The first-order valence-corrected chi connectivity index (χ1v) is 15.4. The summed E-state index contributed by atoms with van der Waals surface area (Å²) in [5.74, 6) is 1.90. The minimum atomic E-state index is -0.119. The number of allylic oxidation sites excluding steroid dienone is 1. The van der Waals surface area contributed by atoms with Crippen molar-refractivity contribution in [2.24, 2.45) is 0 Å². The number of aryl methyl sites for hydroxylation is 1. The fraction of sp³-hybridized carbons (Fsp3) is 0.571. The van der Waals surface area contributed by atoms with E-state index < -0.39 is 0 Å². The van der Waals surface area contributed by atoms with Crippen molar-refractivity contribution < 1.29 is 19.0 Å². The predicted molar refractivity (Wildman–Crippen MR) is 164 cm³/mol. The summed E-state index contributed by atoms with van der Waals surface area (Å²) in [5, 5.41) is 0. The molecule has 0 saturated carbocycles. The molecule has 3 unspecified atom stereocenters. The molecule has 4 nitrogen and oxygen atoms in total. The van der Waals surface area contributed by atoms with Crippen LogP contribution >= 0.6 is 0 Å². The van der Waals surface area contributed by atoms with Gasteiger partial charge in [0.05, 0.1) is 18.3 Å². The second-order valence-corrected chi connectivity index (χ2v) is 10.4. The van der Waals surface area contributed by atoms with E-state index in [1.165, 1.54) is 5.56 Å². The highest BCUT2D eigenvalue weighted by atomic mass is 16.5. The molecule has 0 heterocycles. The predicted octanol–water partition coefficient (Wildman–Crippen LogP) is 10.0. The van der Waals surface area contributed by atoms with E-state index in [4.69, 9.17) is 14.2 Å². The van der Waals surface area contributed by atoms with Crippen LogP contribution in [0.4, 0.5) is 0 Å². The highest BCUT2D eigenvalue weighted by Gasteiger charge is 2.22. The molecule has 0 aliphatic heterocycles. The quantitative estimate of drug-likeness (QED) is 0.132. The third kappa shape index (κ3) is 10.1. The first-order chi connectivity index (χ1) is 18.9. The van der Waals surface area contributed by atoms with Crippen LogP contribution in [0.1, 0.15) is 128 Å². The van der Waals surface area contributed by atoms with Gasteiger partial charge >= 0.3 is 0 Å². The lowest BCUT2D eigenvalue weighted by Crippen LogP contribution is -2.19. The van der Waals surface area contributed by atoms with E-state index in [1.807, 2.05) is 30.3 Å². The van der Waals surface area contributed by atoms with Crippen LogP contribution < -0.4 is 14.2 Å². The largest absolute Gasteiger partial charge is 0.490 e. The Morgan fingerprint density at radius 3 is 1.62 bits per heavy atom. The molecule has 2 rings (SSSR count). The monoisotopic (exact) mass is 536 g/mol. The fourth-order valence-electron chi connectivity index (χ4n) is 4.80. The van der Waals surface area contributed by atoms with Crippen LogP contribution in [0.25, 0.3) is 6.08 Å². The zero-order valence-electron chi connectivity index (χ0n) is 25.6. The van der Waals surface area contributed by atoms with Gasteiger partial charge in [0.25, 0.3) is 0 Å². The zero-order chi connectivity index (χ0) is 28.6. The highest BCUT2D eigenvalue weighted by molar-refractivity contribution is 6.10. The number of hydrogen-bond acceptors (Lipinski definition) is 4. The maximum atomic E-state index is 13.9. The molecule has 0 aliphatic rings. The summed E-state index contributed by atoms with van der Waals surface area (Å²) in [6, 6.07) is 12.0. The molecule has 2 aromatic rings. The summed E-state index contributed by atoms with van der Waals surface area (Å²) in [6.45, 7) is 15.0. The van der Waals surface area contributed by atoms with Crippen LogP contribution in [-0.4, -0.2) is 24.1 Å².